The molecule has 1 aromatic carbocycles. The first-order valence-electron chi connectivity index (χ1n) is 8.01. The number of thiazole rings is 1. The van der Waals surface area contributed by atoms with E-state index in [0.717, 1.165) is 44.1 Å². The zero-order valence-electron chi connectivity index (χ0n) is 14.0. The molecule has 8 heteroatoms. The fraction of sp³-hybridized carbons (Fsp3) is 0.412. The summed E-state index contributed by atoms with van der Waals surface area (Å²) in [5, 5.41) is 6.00. The average molecular weight is 382 g/mol. The van der Waals surface area contributed by atoms with Crippen LogP contribution in [0.5, 0.6) is 5.75 Å². The van der Waals surface area contributed by atoms with E-state index in [4.69, 9.17) is 21.1 Å². The molecule has 0 aliphatic carbocycles. The van der Waals surface area contributed by atoms with Crippen LogP contribution in [0.25, 0.3) is 0 Å². The van der Waals surface area contributed by atoms with Gasteiger partial charge in [-0.3, -0.25) is 9.69 Å². The molecule has 6 nitrogen and oxygen atoms in total. The van der Waals surface area contributed by atoms with Crippen molar-refractivity contribution in [2.45, 2.75) is 13.0 Å². The van der Waals surface area contributed by atoms with Crippen LogP contribution in [0.2, 0.25) is 5.02 Å². The first-order valence-corrected chi connectivity index (χ1v) is 9.26. The Bertz CT molecular complexity index is 732. The summed E-state index contributed by atoms with van der Waals surface area (Å²) < 4.78 is 10.6. The van der Waals surface area contributed by atoms with E-state index in [-0.39, 0.29) is 12.3 Å². The van der Waals surface area contributed by atoms with E-state index in [1.807, 2.05) is 5.38 Å². The lowest BCUT2D eigenvalue weighted by molar-refractivity contribution is -0.115. The number of nitrogens with one attached hydrogen (secondary N) is 1. The molecule has 1 saturated heterocycles. The molecular weight excluding hydrogens is 362 g/mol. The second kappa shape index (κ2) is 8.62. The summed E-state index contributed by atoms with van der Waals surface area (Å²) in [6, 6.07) is 5.24. The Kier molecular flexibility index (Phi) is 6.25. The summed E-state index contributed by atoms with van der Waals surface area (Å²) in [7, 11) is 1.57. The molecule has 25 heavy (non-hydrogen) atoms. The number of benzene rings is 1. The number of hydrogen-bond donors (Lipinski definition) is 1. The number of methoxy groups -OCH3 is 1. The highest BCUT2D eigenvalue weighted by atomic mass is 35.5. The number of halogens is 1. The van der Waals surface area contributed by atoms with E-state index >= 15 is 0 Å². The van der Waals surface area contributed by atoms with Crippen molar-refractivity contribution in [2.24, 2.45) is 0 Å². The molecule has 1 aromatic heterocycles. The van der Waals surface area contributed by atoms with Crippen LogP contribution in [-0.2, 0) is 22.5 Å². The fourth-order valence-corrected chi connectivity index (χ4v) is 3.56. The minimum Gasteiger partial charge on any atom is -0.496 e. The van der Waals surface area contributed by atoms with Crippen molar-refractivity contribution in [1.82, 2.24) is 9.88 Å². The molecule has 0 atom stereocenters. The highest BCUT2D eigenvalue weighted by Crippen LogP contribution is 2.24. The maximum atomic E-state index is 12.3. The van der Waals surface area contributed by atoms with E-state index in [0.29, 0.717) is 15.9 Å². The normalized spacial score (nSPS) is 15.1. The van der Waals surface area contributed by atoms with Gasteiger partial charge in [0.2, 0.25) is 5.91 Å². The number of rotatable bonds is 6. The predicted octanol–water partition coefficient (Wildman–Crippen LogP) is 2.82. The molecule has 0 radical (unpaired) electrons. The van der Waals surface area contributed by atoms with Crippen LogP contribution in [0.15, 0.2) is 23.6 Å². The van der Waals surface area contributed by atoms with Crippen molar-refractivity contribution in [3.05, 3.63) is 39.9 Å². The minimum absolute atomic E-state index is 0.146. The van der Waals surface area contributed by atoms with Gasteiger partial charge in [0.05, 0.1) is 32.4 Å². The number of carbonyl (C=O) groups excluding carboxylic acids is 1. The van der Waals surface area contributed by atoms with Gasteiger partial charge in [0.1, 0.15) is 5.75 Å². The lowest BCUT2D eigenvalue weighted by Gasteiger charge is -2.25. The lowest BCUT2D eigenvalue weighted by Crippen LogP contribution is -2.35. The van der Waals surface area contributed by atoms with Crippen LogP contribution in [-0.4, -0.2) is 49.2 Å². The van der Waals surface area contributed by atoms with Crippen molar-refractivity contribution in [3.8, 4) is 5.75 Å². The molecular formula is C17H20ClN3O3S. The van der Waals surface area contributed by atoms with Crippen LogP contribution in [0.1, 0.15) is 11.3 Å². The molecule has 2 aromatic rings. The number of morpholine rings is 1. The molecule has 0 saturated carbocycles. The third-order valence-corrected chi connectivity index (χ3v) is 4.92. The van der Waals surface area contributed by atoms with Crippen LogP contribution < -0.4 is 10.1 Å². The molecule has 1 aliphatic rings. The molecule has 1 aliphatic heterocycles. The summed E-state index contributed by atoms with van der Waals surface area (Å²) in [4.78, 5) is 19.1. The zero-order chi connectivity index (χ0) is 17.6. The maximum absolute atomic E-state index is 12.3. The first-order chi connectivity index (χ1) is 12.1. The standard InChI is InChI=1S/C17H20ClN3O3S/c1-23-15-3-2-13(18)8-12(15)9-16(22)20-17-19-14(11-25-17)10-21-4-6-24-7-5-21/h2-3,8,11H,4-7,9-10H2,1H3,(H,19,20,22). The Balaban J connectivity index is 1.57. The fourth-order valence-electron chi connectivity index (χ4n) is 2.65. The lowest BCUT2D eigenvalue weighted by atomic mass is 10.1. The van der Waals surface area contributed by atoms with E-state index < -0.39 is 0 Å². The summed E-state index contributed by atoms with van der Waals surface area (Å²) in [5.74, 6) is 0.500. The molecule has 3 rings (SSSR count). The van der Waals surface area contributed by atoms with Crippen LogP contribution >= 0.6 is 22.9 Å². The molecule has 1 fully saturated rings. The topological polar surface area (TPSA) is 63.7 Å². The van der Waals surface area contributed by atoms with Crippen molar-refractivity contribution in [1.29, 1.82) is 0 Å². The van der Waals surface area contributed by atoms with Crippen molar-refractivity contribution >= 4 is 34.0 Å². The van der Waals surface area contributed by atoms with Gasteiger partial charge in [-0.05, 0) is 18.2 Å². The van der Waals surface area contributed by atoms with Crippen molar-refractivity contribution < 1.29 is 14.3 Å². The van der Waals surface area contributed by atoms with Crippen LogP contribution in [0.3, 0.4) is 0 Å². The largest absolute Gasteiger partial charge is 0.496 e. The number of amides is 1. The SMILES string of the molecule is COc1ccc(Cl)cc1CC(=O)Nc1nc(CN2CCOCC2)cs1. The van der Waals surface area contributed by atoms with Crippen LogP contribution in [0, 0.1) is 0 Å². The van der Waals surface area contributed by atoms with Gasteiger partial charge in [-0.15, -0.1) is 11.3 Å². The highest BCUT2D eigenvalue weighted by molar-refractivity contribution is 7.13. The molecule has 1 N–H and O–H groups in total. The van der Waals surface area contributed by atoms with E-state index in [9.17, 15) is 4.79 Å². The third-order valence-electron chi connectivity index (χ3n) is 3.88. The number of ether oxygens (including phenoxy) is 2. The maximum Gasteiger partial charge on any atom is 0.230 e. The van der Waals surface area contributed by atoms with Gasteiger partial charge >= 0.3 is 0 Å². The van der Waals surface area contributed by atoms with E-state index in [1.165, 1.54) is 11.3 Å². The zero-order valence-corrected chi connectivity index (χ0v) is 15.5. The average Bonchev–Trinajstić information content (AvgIpc) is 3.02. The molecule has 0 unspecified atom stereocenters. The summed E-state index contributed by atoms with van der Waals surface area (Å²) in [6.45, 7) is 4.11. The van der Waals surface area contributed by atoms with Crippen LogP contribution in [0.4, 0.5) is 5.13 Å². The summed E-state index contributed by atoms with van der Waals surface area (Å²) >= 11 is 7.43. The number of nitrogens with zero attached hydrogens (tertiary/aromatic N) is 2. The smallest absolute Gasteiger partial charge is 0.230 e. The summed E-state index contributed by atoms with van der Waals surface area (Å²) in [6.07, 6.45) is 0.183. The summed E-state index contributed by atoms with van der Waals surface area (Å²) in [5.41, 5.74) is 1.71. The van der Waals surface area contributed by atoms with Gasteiger partial charge in [-0.2, -0.15) is 0 Å². The van der Waals surface area contributed by atoms with Gasteiger partial charge in [-0.25, -0.2) is 4.98 Å². The van der Waals surface area contributed by atoms with E-state index in [1.54, 1.807) is 25.3 Å². The van der Waals surface area contributed by atoms with Gasteiger partial charge in [-0.1, -0.05) is 11.6 Å². The second-order valence-corrected chi connectivity index (χ2v) is 7.01. The van der Waals surface area contributed by atoms with E-state index in [2.05, 4.69) is 15.2 Å². The number of carbonyl (C=O) groups is 1. The number of aromatic nitrogens is 1. The van der Waals surface area contributed by atoms with Crippen molar-refractivity contribution in [3.63, 3.8) is 0 Å². The van der Waals surface area contributed by atoms with Gasteiger partial charge in [0.25, 0.3) is 0 Å². The molecule has 0 spiro atoms. The molecule has 0 bridgehead atoms. The number of anilines is 1. The highest BCUT2D eigenvalue weighted by Gasteiger charge is 2.14. The van der Waals surface area contributed by atoms with Crippen molar-refractivity contribution in [2.75, 3.05) is 38.7 Å². The predicted molar refractivity (Wildman–Crippen MR) is 98.5 cm³/mol. The number of hydrogen-bond acceptors (Lipinski definition) is 6. The van der Waals surface area contributed by atoms with Gasteiger partial charge in [0.15, 0.2) is 5.13 Å². The monoisotopic (exact) mass is 381 g/mol. The Hall–Kier alpha value is -1.67. The Morgan fingerprint density at radius 1 is 1.44 bits per heavy atom. The first kappa shape index (κ1) is 18.1. The molecule has 1 amide bonds. The third kappa shape index (κ3) is 5.15. The Morgan fingerprint density at radius 3 is 3.00 bits per heavy atom. The second-order valence-electron chi connectivity index (χ2n) is 5.71. The van der Waals surface area contributed by atoms with Gasteiger partial charge < -0.3 is 14.8 Å². The quantitative estimate of drug-likeness (QED) is 0.833. The Morgan fingerprint density at radius 2 is 2.24 bits per heavy atom. The van der Waals surface area contributed by atoms with Gasteiger partial charge in [0, 0.05) is 35.6 Å². The molecule has 134 valence electrons. The molecule has 2 heterocycles. The Labute approximate surface area is 155 Å². The minimum atomic E-state index is -0.146.